The minimum Gasteiger partial charge on any atom is -0.414 e. The van der Waals surface area contributed by atoms with Crippen LogP contribution in [0.5, 0.6) is 0 Å². The average molecular weight is 608 g/mol. The van der Waals surface area contributed by atoms with Gasteiger partial charge in [-0.25, -0.2) is 15.0 Å². The molecule has 1 aliphatic heterocycles. The number of hydrogen-bond donors (Lipinski definition) is 0. The molecule has 0 radical (unpaired) electrons. The highest BCUT2D eigenvalue weighted by Crippen LogP contribution is 2.43. The molecule has 1 aliphatic rings. The highest BCUT2D eigenvalue weighted by atomic mass is 28.4. The Labute approximate surface area is 251 Å². The largest absolute Gasteiger partial charge is 0.414 e. The van der Waals surface area contributed by atoms with Gasteiger partial charge >= 0.3 is 0 Å². The molecule has 1 fully saturated rings. The van der Waals surface area contributed by atoms with Crippen molar-refractivity contribution in [3.8, 4) is 17.1 Å². The molecular formula is C30H45N7O3Si2. The van der Waals surface area contributed by atoms with Crippen molar-refractivity contribution >= 4 is 27.8 Å². The number of ether oxygens (including phenoxy) is 1. The van der Waals surface area contributed by atoms with E-state index in [0.29, 0.717) is 30.0 Å². The number of benzene rings is 1. The summed E-state index contributed by atoms with van der Waals surface area (Å²) in [5, 5.41) is 8.88. The van der Waals surface area contributed by atoms with E-state index in [1.165, 1.54) is 6.33 Å². The molecule has 0 N–H and O–H groups in total. The summed E-state index contributed by atoms with van der Waals surface area (Å²) in [5.41, 5.74) is 3.06. The van der Waals surface area contributed by atoms with Crippen LogP contribution in [0, 0.1) is 0 Å². The topological polar surface area (TPSA) is 102 Å². The van der Waals surface area contributed by atoms with Gasteiger partial charge < -0.3 is 13.6 Å². The summed E-state index contributed by atoms with van der Waals surface area (Å²) in [7, 11) is -4.04. The quantitative estimate of drug-likeness (QED) is 0.202. The van der Waals surface area contributed by atoms with E-state index < -0.39 is 16.6 Å². The second kappa shape index (κ2) is 11.1. The van der Waals surface area contributed by atoms with Crippen LogP contribution in [0.4, 0.5) is 0 Å². The SMILES string of the molecule is CC(C)(C)[Si](C)(C)OC[C@H]1O[C@@H](n2cnc3c(-n4cc(-c5ccccc5)nn4)ncnc32)C[C@@H]1O[Si](C)(C)C(C)(C)C. The third-order valence-electron chi connectivity index (χ3n) is 9.28. The molecule has 3 atom stereocenters. The molecule has 0 bridgehead atoms. The number of rotatable bonds is 8. The molecule has 1 saturated heterocycles. The third kappa shape index (κ3) is 6.00. The molecule has 0 unspecified atom stereocenters. The lowest BCUT2D eigenvalue weighted by Gasteiger charge is -2.40. The first kappa shape index (κ1) is 30.7. The van der Waals surface area contributed by atoms with E-state index in [9.17, 15) is 0 Å². The van der Waals surface area contributed by atoms with Crippen molar-refractivity contribution in [3.63, 3.8) is 0 Å². The second-order valence-electron chi connectivity index (χ2n) is 14.3. The highest BCUT2D eigenvalue weighted by Gasteiger charge is 2.47. The Kier molecular flexibility index (Phi) is 8.07. The lowest BCUT2D eigenvalue weighted by Crippen LogP contribution is -2.48. The van der Waals surface area contributed by atoms with Gasteiger partial charge in [-0.2, -0.15) is 4.68 Å². The zero-order valence-electron chi connectivity index (χ0n) is 26.6. The van der Waals surface area contributed by atoms with Crippen LogP contribution in [0.3, 0.4) is 0 Å². The van der Waals surface area contributed by atoms with Crippen LogP contribution < -0.4 is 0 Å². The first-order valence-electron chi connectivity index (χ1n) is 14.7. The molecule has 12 heteroatoms. The van der Waals surface area contributed by atoms with Gasteiger partial charge in [-0.05, 0) is 36.3 Å². The molecule has 226 valence electrons. The van der Waals surface area contributed by atoms with Gasteiger partial charge in [0.2, 0.25) is 0 Å². The van der Waals surface area contributed by atoms with E-state index in [1.54, 1.807) is 11.0 Å². The van der Waals surface area contributed by atoms with Crippen molar-refractivity contribution in [2.75, 3.05) is 6.61 Å². The molecular weight excluding hydrogens is 563 g/mol. The fourth-order valence-corrected chi connectivity index (χ4v) is 6.91. The first-order chi connectivity index (χ1) is 19.6. The Bertz CT molecular complexity index is 1520. The van der Waals surface area contributed by atoms with Gasteiger partial charge in [-0.3, -0.25) is 4.57 Å². The van der Waals surface area contributed by atoms with Crippen LogP contribution in [0.15, 0.2) is 49.2 Å². The fraction of sp³-hybridized carbons (Fsp3) is 0.567. The van der Waals surface area contributed by atoms with Crippen LogP contribution in [0.1, 0.15) is 54.2 Å². The Balaban J connectivity index is 1.43. The predicted molar refractivity (Wildman–Crippen MR) is 169 cm³/mol. The van der Waals surface area contributed by atoms with Gasteiger partial charge in [0, 0.05) is 12.0 Å². The number of aromatic nitrogens is 7. The summed E-state index contributed by atoms with van der Waals surface area (Å²) in [5.74, 6) is 0.568. The van der Waals surface area contributed by atoms with Gasteiger partial charge in [0.05, 0.1) is 25.2 Å². The molecule has 0 saturated carbocycles. The van der Waals surface area contributed by atoms with Crippen LogP contribution in [0.25, 0.3) is 28.2 Å². The summed E-state index contributed by atoms with van der Waals surface area (Å²) in [6, 6.07) is 9.94. The third-order valence-corrected chi connectivity index (χ3v) is 18.3. The average Bonchev–Trinajstić information content (AvgIpc) is 3.65. The zero-order valence-corrected chi connectivity index (χ0v) is 28.6. The fourth-order valence-electron chi connectivity index (χ4n) is 4.53. The van der Waals surface area contributed by atoms with Gasteiger partial charge in [0.1, 0.15) is 24.4 Å². The van der Waals surface area contributed by atoms with E-state index in [0.717, 1.165) is 11.3 Å². The maximum absolute atomic E-state index is 6.97. The second-order valence-corrected chi connectivity index (χ2v) is 23.9. The molecule has 0 spiro atoms. The lowest BCUT2D eigenvalue weighted by molar-refractivity contribution is -0.0383. The van der Waals surface area contributed by atoms with Crippen LogP contribution >= 0.6 is 0 Å². The predicted octanol–water partition coefficient (Wildman–Crippen LogP) is 6.77. The first-order valence-corrected chi connectivity index (χ1v) is 20.5. The van der Waals surface area contributed by atoms with E-state index in [4.69, 9.17) is 18.6 Å². The number of nitrogens with zero attached hydrogens (tertiary/aromatic N) is 7. The van der Waals surface area contributed by atoms with Gasteiger partial charge in [0.15, 0.2) is 33.6 Å². The van der Waals surface area contributed by atoms with Gasteiger partial charge in [-0.1, -0.05) is 77.1 Å². The molecule has 0 aliphatic carbocycles. The zero-order chi connectivity index (χ0) is 30.5. The Morgan fingerprint density at radius 3 is 2.29 bits per heavy atom. The smallest absolute Gasteiger partial charge is 0.192 e. The Morgan fingerprint density at radius 2 is 1.62 bits per heavy atom. The molecule has 4 heterocycles. The van der Waals surface area contributed by atoms with Crippen molar-refractivity contribution < 1.29 is 13.6 Å². The highest BCUT2D eigenvalue weighted by molar-refractivity contribution is 6.74. The van der Waals surface area contributed by atoms with E-state index in [1.807, 2.05) is 41.1 Å². The summed E-state index contributed by atoms with van der Waals surface area (Å²) in [6.07, 6.45) is 5.28. The van der Waals surface area contributed by atoms with Crippen molar-refractivity contribution in [2.45, 2.75) is 103 Å². The number of hydrogen-bond acceptors (Lipinski definition) is 8. The monoisotopic (exact) mass is 607 g/mol. The molecule has 4 aromatic rings. The number of imidazole rings is 1. The van der Waals surface area contributed by atoms with Gasteiger partial charge in [-0.15, -0.1) is 5.10 Å². The van der Waals surface area contributed by atoms with E-state index >= 15 is 0 Å². The lowest BCUT2D eigenvalue weighted by atomic mass is 10.2. The van der Waals surface area contributed by atoms with E-state index in [2.05, 4.69) is 88.0 Å². The normalized spacial score (nSPS) is 20.5. The van der Waals surface area contributed by atoms with Crippen LogP contribution in [-0.2, 0) is 13.6 Å². The molecule has 5 rings (SSSR count). The molecule has 42 heavy (non-hydrogen) atoms. The van der Waals surface area contributed by atoms with Crippen molar-refractivity contribution in [3.05, 3.63) is 49.2 Å². The Hall–Kier alpha value is -2.78. The molecule has 10 nitrogen and oxygen atoms in total. The molecule has 0 amide bonds. The maximum Gasteiger partial charge on any atom is 0.192 e. The summed E-state index contributed by atoms with van der Waals surface area (Å²) in [4.78, 5) is 13.8. The number of fused-ring (bicyclic) bond motifs is 1. The van der Waals surface area contributed by atoms with Gasteiger partial charge in [0.25, 0.3) is 0 Å². The molecule has 1 aromatic carbocycles. The molecule has 3 aromatic heterocycles. The van der Waals surface area contributed by atoms with E-state index in [-0.39, 0.29) is 28.5 Å². The van der Waals surface area contributed by atoms with Crippen LogP contribution in [-0.4, -0.2) is 70.0 Å². The standard InChI is InChI=1S/C30H45N7O3Si2/c1-29(2,3)41(7,8)38-18-24-23(40-42(9,10)30(4,5)6)16-25(39-24)36-20-33-26-27(36)31-19-32-28(26)37-17-22(34-35-37)21-14-12-11-13-15-21/h11-15,17,19-20,23-25H,16,18H2,1-10H3/t23-,24+,25+/m0/s1. The summed E-state index contributed by atoms with van der Waals surface area (Å²) >= 11 is 0. The maximum atomic E-state index is 6.97. The Morgan fingerprint density at radius 1 is 0.929 bits per heavy atom. The van der Waals surface area contributed by atoms with Crippen LogP contribution in [0.2, 0.25) is 36.3 Å². The summed E-state index contributed by atoms with van der Waals surface area (Å²) in [6.45, 7) is 23.2. The minimum atomic E-state index is -2.06. The van der Waals surface area contributed by atoms with Crippen molar-refractivity contribution in [2.24, 2.45) is 0 Å². The van der Waals surface area contributed by atoms with Crippen molar-refractivity contribution in [1.29, 1.82) is 0 Å². The summed E-state index contributed by atoms with van der Waals surface area (Å²) < 4.78 is 24.0. The minimum absolute atomic E-state index is 0.0795. The van der Waals surface area contributed by atoms with Crippen molar-refractivity contribution in [1.82, 2.24) is 34.5 Å².